The van der Waals surface area contributed by atoms with Gasteiger partial charge in [0, 0.05) is 17.1 Å². The monoisotopic (exact) mass is 661 g/mol. The number of nitrogens with one attached hydrogen (secondary N) is 2. The third kappa shape index (κ3) is 7.08. The van der Waals surface area contributed by atoms with Crippen molar-refractivity contribution in [3.63, 3.8) is 0 Å². The van der Waals surface area contributed by atoms with E-state index in [1.54, 1.807) is 16.4 Å². The summed E-state index contributed by atoms with van der Waals surface area (Å²) in [7, 11) is 0. The van der Waals surface area contributed by atoms with Crippen molar-refractivity contribution in [2.45, 2.75) is 58.8 Å². The van der Waals surface area contributed by atoms with E-state index in [0.717, 1.165) is 33.3 Å². The number of hydrogen-bond acceptors (Lipinski definition) is 7. The number of aromatic nitrogens is 3. The molecular formula is C33H36BrN5O3S. The minimum atomic E-state index is -0.563. The van der Waals surface area contributed by atoms with Crippen molar-refractivity contribution in [1.82, 2.24) is 14.8 Å². The van der Waals surface area contributed by atoms with Gasteiger partial charge in [0.2, 0.25) is 11.1 Å². The third-order valence-corrected chi connectivity index (χ3v) is 8.61. The van der Waals surface area contributed by atoms with Gasteiger partial charge in [0.15, 0.2) is 11.5 Å². The van der Waals surface area contributed by atoms with E-state index in [0.29, 0.717) is 52.8 Å². The summed E-state index contributed by atoms with van der Waals surface area (Å²) >= 11 is 5.34. The number of benzene rings is 3. The highest BCUT2D eigenvalue weighted by Crippen LogP contribution is 2.43. The zero-order valence-electron chi connectivity index (χ0n) is 25.0. The van der Waals surface area contributed by atoms with Gasteiger partial charge in [0.1, 0.15) is 12.6 Å². The summed E-state index contributed by atoms with van der Waals surface area (Å²) < 4.78 is 14.9. The Balaban J connectivity index is 1.55. The molecule has 0 fully saturated rings. The van der Waals surface area contributed by atoms with Crippen molar-refractivity contribution >= 4 is 45.2 Å². The molecule has 0 aliphatic carbocycles. The van der Waals surface area contributed by atoms with E-state index in [-0.39, 0.29) is 5.91 Å². The molecule has 1 aliphatic rings. The first kappa shape index (κ1) is 30.7. The maximum absolute atomic E-state index is 13.9. The highest BCUT2D eigenvalue weighted by Gasteiger charge is 2.35. The number of anilines is 2. The van der Waals surface area contributed by atoms with Gasteiger partial charge in [-0.15, -0.1) is 5.10 Å². The van der Waals surface area contributed by atoms with Crippen molar-refractivity contribution in [3.8, 4) is 11.5 Å². The molecule has 3 aromatic carbocycles. The lowest BCUT2D eigenvalue weighted by Crippen LogP contribution is -2.31. The van der Waals surface area contributed by atoms with Crippen LogP contribution in [0, 0.1) is 13.8 Å². The predicted molar refractivity (Wildman–Crippen MR) is 176 cm³/mol. The van der Waals surface area contributed by atoms with Crippen molar-refractivity contribution in [3.05, 3.63) is 98.7 Å². The molecule has 0 spiro atoms. The van der Waals surface area contributed by atoms with Gasteiger partial charge >= 0.3 is 0 Å². The van der Waals surface area contributed by atoms with E-state index >= 15 is 0 Å². The van der Waals surface area contributed by atoms with E-state index in [9.17, 15) is 4.79 Å². The molecule has 10 heteroatoms. The van der Waals surface area contributed by atoms with Crippen molar-refractivity contribution < 1.29 is 14.3 Å². The molecule has 1 atom stereocenters. The molecule has 4 aromatic rings. The van der Waals surface area contributed by atoms with Crippen LogP contribution in [0.5, 0.6) is 11.5 Å². The molecule has 1 aromatic heterocycles. The number of aryl methyl sites for hydroxylation is 2. The van der Waals surface area contributed by atoms with Crippen LogP contribution in [0.3, 0.4) is 0 Å². The Morgan fingerprint density at radius 1 is 1.02 bits per heavy atom. The van der Waals surface area contributed by atoms with Gasteiger partial charge in [0.25, 0.3) is 5.91 Å². The molecule has 2 heterocycles. The summed E-state index contributed by atoms with van der Waals surface area (Å²) in [6.45, 7) is 10.9. The van der Waals surface area contributed by atoms with Gasteiger partial charge < -0.3 is 20.1 Å². The van der Waals surface area contributed by atoms with Gasteiger partial charge in [-0.2, -0.15) is 4.98 Å². The van der Waals surface area contributed by atoms with Crippen molar-refractivity contribution in [2.24, 2.45) is 0 Å². The van der Waals surface area contributed by atoms with E-state index in [1.807, 2.05) is 57.2 Å². The predicted octanol–water partition coefficient (Wildman–Crippen LogP) is 8.06. The lowest BCUT2D eigenvalue weighted by atomic mass is 9.94. The Labute approximate surface area is 265 Å². The van der Waals surface area contributed by atoms with Crippen LogP contribution in [0.25, 0.3) is 0 Å². The number of ether oxygens (including phenoxy) is 2. The van der Waals surface area contributed by atoms with Crippen molar-refractivity contribution in [2.75, 3.05) is 23.0 Å². The maximum Gasteiger partial charge on any atom is 0.255 e. The number of hydrogen-bond donors (Lipinski definition) is 2. The van der Waals surface area contributed by atoms with Crippen LogP contribution in [-0.2, 0) is 11.4 Å². The lowest BCUT2D eigenvalue weighted by molar-refractivity contribution is -0.113. The van der Waals surface area contributed by atoms with Crippen molar-refractivity contribution in [1.29, 1.82) is 0 Å². The standard InChI is InChI=1S/C33H36BrN5O3S/c1-6-16-43-33-37-32-35-22(5)28(31(40)36-25-14-10-21(4)11-15-25)29(39(32)38-33)24-17-26(34)30(27(18-24)41-7-2)42-19-23-12-8-20(3)9-13-23/h8-15,17-18,29H,6-7,16,19H2,1-5H3,(H,36,40)(H,35,37,38). The Kier molecular flexibility index (Phi) is 9.77. The fourth-order valence-electron chi connectivity index (χ4n) is 4.81. The second kappa shape index (κ2) is 13.7. The second-order valence-electron chi connectivity index (χ2n) is 10.4. The van der Waals surface area contributed by atoms with E-state index in [1.165, 1.54) is 5.56 Å². The molecule has 1 aliphatic heterocycles. The van der Waals surface area contributed by atoms with E-state index in [2.05, 4.69) is 64.7 Å². The van der Waals surface area contributed by atoms with Gasteiger partial charge in [-0.05, 0) is 85.4 Å². The first-order valence-corrected chi connectivity index (χ1v) is 16.1. The highest BCUT2D eigenvalue weighted by molar-refractivity contribution is 9.10. The van der Waals surface area contributed by atoms with Crippen LogP contribution in [0.2, 0.25) is 0 Å². The summed E-state index contributed by atoms with van der Waals surface area (Å²) in [5, 5.41) is 11.9. The molecule has 0 radical (unpaired) electrons. The summed E-state index contributed by atoms with van der Waals surface area (Å²) in [5.41, 5.74) is 6.14. The van der Waals surface area contributed by atoms with Gasteiger partial charge in [0.05, 0.1) is 16.7 Å². The van der Waals surface area contributed by atoms with Crippen LogP contribution < -0.4 is 20.1 Å². The van der Waals surface area contributed by atoms with Gasteiger partial charge in [-0.25, -0.2) is 4.68 Å². The minimum absolute atomic E-state index is 0.225. The van der Waals surface area contributed by atoms with Crippen LogP contribution in [-0.4, -0.2) is 33.0 Å². The molecule has 1 unspecified atom stereocenters. The molecule has 224 valence electrons. The van der Waals surface area contributed by atoms with Crippen LogP contribution >= 0.6 is 27.7 Å². The SMILES string of the molecule is CCCSc1nc2n(n1)C(c1cc(Br)c(OCc3ccc(C)cc3)c(OCC)c1)C(C(=O)Nc1ccc(C)cc1)=C(C)N2. The zero-order chi connectivity index (χ0) is 30.5. The number of rotatable bonds is 11. The average Bonchev–Trinajstić information content (AvgIpc) is 3.39. The van der Waals surface area contributed by atoms with Gasteiger partial charge in [-0.3, -0.25) is 4.79 Å². The molecule has 2 N–H and O–H groups in total. The highest BCUT2D eigenvalue weighted by atomic mass is 79.9. The Hall–Kier alpha value is -3.76. The molecule has 0 saturated carbocycles. The summed E-state index contributed by atoms with van der Waals surface area (Å²) in [6.07, 6.45) is 1.00. The zero-order valence-corrected chi connectivity index (χ0v) is 27.4. The number of carbonyl (C=O) groups is 1. The summed E-state index contributed by atoms with van der Waals surface area (Å²) in [5.74, 6) is 2.44. The Morgan fingerprint density at radius 3 is 2.40 bits per heavy atom. The van der Waals surface area contributed by atoms with E-state index in [4.69, 9.17) is 19.6 Å². The lowest BCUT2D eigenvalue weighted by Gasteiger charge is -2.29. The second-order valence-corrected chi connectivity index (χ2v) is 12.4. The Bertz CT molecular complexity index is 1630. The topological polar surface area (TPSA) is 90.3 Å². The fraction of sp³-hybridized carbons (Fsp3) is 0.303. The van der Waals surface area contributed by atoms with Crippen LogP contribution in [0.15, 0.2) is 81.6 Å². The Morgan fingerprint density at radius 2 is 1.72 bits per heavy atom. The van der Waals surface area contributed by atoms with Crippen LogP contribution in [0.1, 0.15) is 55.5 Å². The van der Waals surface area contributed by atoms with E-state index < -0.39 is 6.04 Å². The molecule has 0 saturated heterocycles. The molecular weight excluding hydrogens is 626 g/mol. The largest absolute Gasteiger partial charge is 0.490 e. The summed E-state index contributed by atoms with van der Waals surface area (Å²) in [6, 6.07) is 19.3. The maximum atomic E-state index is 13.9. The molecule has 1 amide bonds. The molecule has 5 rings (SSSR count). The first-order valence-electron chi connectivity index (χ1n) is 14.4. The number of amides is 1. The number of nitrogens with zero attached hydrogens (tertiary/aromatic N) is 3. The normalized spacial score (nSPS) is 14.2. The number of carbonyl (C=O) groups excluding carboxylic acids is 1. The molecule has 43 heavy (non-hydrogen) atoms. The number of thioether (sulfide) groups is 1. The fourth-order valence-corrected chi connectivity index (χ4v) is 6.07. The minimum Gasteiger partial charge on any atom is -0.490 e. The first-order chi connectivity index (χ1) is 20.8. The summed E-state index contributed by atoms with van der Waals surface area (Å²) in [4.78, 5) is 18.7. The number of allylic oxidation sites excluding steroid dienone is 1. The average molecular weight is 663 g/mol. The molecule has 8 nitrogen and oxygen atoms in total. The van der Waals surface area contributed by atoms with Crippen LogP contribution in [0.4, 0.5) is 11.6 Å². The quantitative estimate of drug-likeness (QED) is 0.157. The third-order valence-electron chi connectivity index (χ3n) is 6.97. The number of halogens is 1. The molecule has 0 bridgehead atoms. The van der Waals surface area contributed by atoms with Gasteiger partial charge in [-0.1, -0.05) is 66.2 Å². The smallest absolute Gasteiger partial charge is 0.255 e. The number of fused-ring (bicyclic) bond motifs is 1.